The van der Waals surface area contributed by atoms with Crippen molar-refractivity contribution in [1.82, 2.24) is 0 Å². The maximum Gasteiger partial charge on any atom is 0.416 e. The Labute approximate surface area is 170 Å². The van der Waals surface area contributed by atoms with Crippen molar-refractivity contribution >= 4 is 27.2 Å². The van der Waals surface area contributed by atoms with Crippen LogP contribution in [0.5, 0.6) is 0 Å². The normalized spacial score (nSPS) is 19.6. The molecule has 0 saturated heterocycles. The first-order valence-corrected chi connectivity index (χ1v) is 10.8. The lowest BCUT2D eigenvalue weighted by Crippen LogP contribution is -2.36. The summed E-state index contributed by atoms with van der Waals surface area (Å²) in [7, 11) is -3.87. The van der Waals surface area contributed by atoms with Gasteiger partial charge in [0.25, 0.3) is 0 Å². The molecule has 29 heavy (non-hydrogen) atoms. The van der Waals surface area contributed by atoms with E-state index in [0.717, 1.165) is 30.3 Å². The maximum atomic E-state index is 13.3. The van der Waals surface area contributed by atoms with E-state index in [-0.39, 0.29) is 46.4 Å². The third kappa shape index (κ3) is 4.98. The van der Waals surface area contributed by atoms with Gasteiger partial charge in [0.15, 0.2) is 15.6 Å². The predicted octanol–water partition coefficient (Wildman–Crippen LogP) is 5.71. The van der Waals surface area contributed by atoms with Crippen LogP contribution in [-0.4, -0.2) is 19.5 Å². The number of benzene rings is 2. The van der Waals surface area contributed by atoms with Crippen LogP contribution in [0, 0.1) is 11.7 Å². The highest BCUT2D eigenvalue weighted by molar-refractivity contribution is 7.92. The van der Waals surface area contributed by atoms with Gasteiger partial charge in [-0.3, -0.25) is 4.79 Å². The van der Waals surface area contributed by atoms with E-state index in [9.17, 15) is 30.8 Å². The van der Waals surface area contributed by atoms with Gasteiger partial charge in [-0.1, -0.05) is 17.7 Å². The van der Waals surface area contributed by atoms with Crippen LogP contribution in [0.3, 0.4) is 0 Å². The Hall–Kier alpha value is -1.93. The van der Waals surface area contributed by atoms with Gasteiger partial charge in [0, 0.05) is 17.0 Å². The first-order chi connectivity index (χ1) is 13.5. The van der Waals surface area contributed by atoms with Crippen LogP contribution in [0.25, 0.3) is 0 Å². The van der Waals surface area contributed by atoms with E-state index in [0.29, 0.717) is 12.5 Å². The van der Waals surface area contributed by atoms with Crippen LogP contribution >= 0.6 is 11.6 Å². The van der Waals surface area contributed by atoms with Crippen LogP contribution in [0.2, 0.25) is 5.02 Å². The molecule has 0 N–H and O–H groups in total. The monoisotopic (exact) mass is 448 g/mol. The highest BCUT2D eigenvalue weighted by atomic mass is 35.5. The molecule has 0 aromatic heterocycles. The molecule has 1 saturated carbocycles. The van der Waals surface area contributed by atoms with E-state index in [2.05, 4.69) is 0 Å². The molecular weight excluding hydrogens is 432 g/mol. The molecule has 2 aromatic carbocycles. The second kappa shape index (κ2) is 8.07. The van der Waals surface area contributed by atoms with Gasteiger partial charge in [-0.05, 0) is 61.6 Å². The number of ketones is 1. The molecule has 0 aliphatic heterocycles. The quantitative estimate of drug-likeness (QED) is 0.420. The Morgan fingerprint density at radius 2 is 1.79 bits per heavy atom. The van der Waals surface area contributed by atoms with Crippen molar-refractivity contribution in [2.24, 2.45) is 5.92 Å². The van der Waals surface area contributed by atoms with Crippen molar-refractivity contribution in [2.45, 2.75) is 42.0 Å². The molecule has 3 rings (SSSR count). The summed E-state index contributed by atoms with van der Waals surface area (Å²) in [5.41, 5.74) is -0.851. The van der Waals surface area contributed by atoms with Crippen LogP contribution in [0.4, 0.5) is 17.6 Å². The van der Waals surface area contributed by atoms with Crippen molar-refractivity contribution < 1.29 is 30.8 Å². The lowest BCUT2D eigenvalue weighted by atomic mass is 9.80. The van der Waals surface area contributed by atoms with Crippen LogP contribution < -0.4 is 0 Å². The van der Waals surface area contributed by atoms with E-state index in [4.69, 9.17) is 11.6 Å². The first-order valence-electron chi connectivity index (χ1n) is 8.87. The van der Waals surface area contributed by atoms with E-state index >= 15 is 0 Å². The van der Waals surface area contributed by atoms with Crippen molar-refractivity contribution in [3.05, 3.63) is 64.4 Å². The fourth-order valence-corrected chi connectivity index (χ4v) is 5.62. The smallest absolute Gasteiger partial charge is 0.294 e. The number of alkyl halides is 3. The Kier molecular flexibility index (Phi) is 6.06. The highest BCUT2D eigenvalue weighted by Crippen LogP contribution is 2.40. The summed E-state index contributed by atoms with van der Waals surface area (Å²) in [4.78, 5) is 11.8. The zero-order valence-corrected chi connectivity index (χ0v) is 16.6. The van der Waals surface area contributed by atoms with E-state index < -0.39 is 32.6 Å². The molecule has 0 atom stereocenters. The Morgan fingerprint density at radius 3 is 2.41 bits per heavy atom. The number of carbonyl (C=O) groups excluding carboxylic acids is 1. The second-order valence-corrected chi connectivity index (χ2v) is 9.81. The largest absolute Gasteiger partial charge is 0.416 e. The molecular formula is C20H17ClF4O3S. The topological polar surface area (TPSA) is 51.2 Å². The molecule has 0 heterocycles. The van der Waals surface area contributed by atoms with Crippen molar-refractivity contribution in [1.29, 1.82) is 0 Å². The summed E-state index contributed by atoms with van der Waals surface area (Å²) in [6, 6.07) is 7.27. The Balaban J connectivity index is 1.58. The summed E-state index contributed by atoms with van der Waals surface area (Å²) in [6.07, 6.45) is -3.54. The average Bonchev–Trinajstić information content (AvgIpc) is 2.58. The molecule has 0 amide bonds. The van der Waals surface area contributed by atoms with Gasteiger partial charge in [0.2, 0.25) is 0 Å². The second-order valence-electron chi connectivity index (χ2n) is 7.15. The first kappa shape index (κ1) is 21.8. The van der Waals surface area contributed by atoms with Crippen LogP contribution in [0.15, 0.2) is 47.4 Å². The van der Waals surface area contributed by atoms with E-state index in [1.54, 1.807) is 0 Å². The zero-order chi connectivity index (χ0) is 21.4. The lowest BCUT2D eigenvalue weighted by Gasteiger charge is -2.34. The molecule has 2 aromatic rings. The fourth-order valence-electron chi connectivity index (χ4n) is 3.40. The van der Waals surface area contributed by atoms with E-state index in [1.807, 2.05) is 0 Å². The summed E-state index contributed by atoms with van der Waals surface area (Å²) in [6.45, 7) is 0. The summed E-state index contributed by atoms with van der Waals surface area (Å²) in [5.74, 6) is -0.944. The van der Waals surface area contributed by atoms with Gasteiger partial charge in [-0.25, -0.2) is 12.8 Å². The van der Waals surface area contributed by atoms with Gasteiger partial charge >= 0.3 is 6.18 Å². The maximum absolute atomic E-state index is 13.3. The highest BCUT2D eigenvalue weighted by Gasteiger charge is 2.40. The number of carbonyl (C=O) groups is 1. The molecule has 1 fully saturated rings. The van der Waals surface area contributed by atoms with Gasteiger partial charge in [-0.15, -0.1) is 0 Å². The van der Waals surface area contributed by atoms with Gasteiger partial charge in [0.1, 0.15) is 5.82 Å². The van der Waals surface area contributed by atoms with Crippen molar-refractivity contribution in [3.63, 3.8) is 0 Å². The number of hydrogen-bond acceptors (Lipinski definition) is 3. The Morgan fingerprint density at radius 1 is 1.10 bits per heavy atom. The summed E-state index contributed by atoms with van der Waals surface area (Å²) in [5, 5.41) is -0.654. The van der Waals surface area contributed by atoms with E-state index in [1.165, 1.54) is 6.07 Å². The average molecular weight is 449 g/mol. The third-order valence-corrected chi connectivity index (χ3v) is 7.48. The number of sulfone groups is 1. The molecule has 9 heteroatoms. The van der Waals surface area contributed by atoms with Crippen LogP contribution in [-0.2, 0) is 16.0 Å². The third-order valence-electron chi connectivity index (χ3n) is 5.09. The Bertz CT molecular complexity index is 1010. The molecule has 0 spiro atoms. The van der Waals surface area contributed by atoms with Crippen LogP contribution in [0.1, 0.15) is 41.6 Å². The van der Waals surface area contributed by atoms with Crippen molar-refractivity contribution in [3.8, 4) is 0 Å². The molecule has 3 nitrogen and oxygen atoms in total. The zero-order valence-electron chi connectivity index (χ0n) is 15.0. The minimum atomic E-state index is -4.62. The van der Waals surface area contributed by atoms with Crippen molar-refractivity contribution in [2.75, 3.05) is 0 Å². The summed E-state index contributed by atoms with van der Waals surface area (Å²) >= 11 is 5.73. The van der Waals surface area contributed by atoms with Gasteiger partial charge < -0.3 is 0 Å². The fraction of sp³-hybridized carbons (Fsp3) is 0.350. The number of Topliss-reactive ketones (excluding diaryl/α,β-unsaturated/α-hetero) is 1. The minimum absolute atomic E-state index is 0.0337. The lowest BCUT2D eigenvalue weighted by molar-refractivity contribution is -0.137. The molecule has 0 radical (unpaired) electrons. The molecule has 0 unspecified atom stereocenters. The predicted molar refractivity (Wildman–Crippen MR) is 100 cm³/mol. The van der Waals surface area contributed by atoms with Gasteiger partial charge in [-0.2, -0.15) is 13.2 Å². The number of halogens is 5. The molecule has 0 bridgehead atoms. The SMILES string of the molecule is O=C(CCC1CC(S(=O)(=O)c2cccc(C(F)(F)F)c2)C1)c1cc(F)cc(Cl)c1. The molecule has 156 valence electrons. The number of rotatable bonds is 6. The number of hydrogen-bond donors (Lipinski definition) is 0. The molecule has 1 aliphatic carbocycles. The summed E-state index contributed by atoms with van der Waals surface area (Å²) < 4.78 is 77.0. The standard InChI is InChI=1S/C20H17ClF4O3S/c21-15-8-13(9-16(22)11-15)19(26)5-4-12-6-18(7-12)29(27,28)17-3-1-2-14(10-17)20(23,24)25/h1-3,8-12,18H,4-7H2. The van der Waals surface area contributed by atoms with Gasteiger partial charge in [0.05, 0.1) is 15.7 Å². The minimum Gasteiger partial charge on any atom is -0.294 e. The molecule has 1 aliphatic rings.